The third-order valence-corrected chi connectivity index (χ3v) is 2.14. The fourth-order valence-electron chi connectivity index (χ4n) is 1.28. The zero-order chi connectivity index (χ0) is 11.5. The van der Waals surface area contributed by atoms with E-state index in [1.54, 1.807) is 12.1 Å². The fourth-order valence-corrected chi connectivity index (χ4v) is 1.42. The molecule has 2 rings (SSSR count). The maximum atomic E-state index is 9.40. The highest BCUT2D eigenvalue weighted by Gasteiger charge is 2.05. The van der Waals surface area contributed by atoms with E-state index in [1.807, 2.05) is 6.92 Å². The van der Waals surface area contributed by atoms with Gasteiger partial charge in [0, 0.05) is 6.07 Å². The minimum Gasteiger partial charge on any atom is -0.508 e. The van der Waals surface area contributed by atoms with Crippen molar-refractivity contribution < 1.29 is 9.84 Å². The van der Waals surface area contributed by atoms with Crippen LogP contribution in [-0.2, 0) is 0 Å². The van der Waals surface area contributed by atoms with Gasteiger partial charge in [0.15, 0.2) is 0 Å². The van der Waals surface area contributed by atoms with Crippen LogP contribution >= 0.6 is 11.6 Å². The Morgan fingerprint density at radius 3 is 2.81 bits per heavy atom. The molecule has 0 aliphatic carbocycles. The monoisotopic (exact) mass is 236 g/mol. The summed E-state index contributed by atoms with van der Waals surface area (Å²) in [7, 11) is 0. The second-order valence-electron chi connectivity index (χ2n) is 3.28. The van der Waals surface area contributed by atoms with Gasteiger partial charge in [-0.2, -0.15) is 0 Å². The molecule has 0 bridgehead atoms. The molecule has 0 radical (unpaired) electrons. The molecule has 2 aromatic rings. The third kappa shape index (κ3) is 2.41. The number of aryl methyl sites for hydroxylation is 1. The molecule has 4 nitrogen and oxygen atoms in total. The molecule has 0 amide bonds. The van der Waals surface area contributed by atoms with E-state index >= 15 is 0 Å². The summed E-state index contributed by atoms with van der Waals surface area (Å²) in [6, 6.07) is 4.90. The normalized spacial score (nSPS) is 10.1. The number of ether oxygens (including phenoxy) is 1. The third-order valence-electron chi connectivity index (χ3n) is 1.88. The van der Waals surface area contributed by atoms with Crippen LogP contribution in [0.15, 0.2) is 30.7 Å². The van der Waals surface area contributed by atoms with Crippen molar-refractivity contribution in [2.24, 2.45) is 0 Å². The van der Waals surface area contributed by atoms with Gasteiger partial charge in [0.25, 0.3) is 0 Å². The highest BCUT2D eigenvalue weighted by Crippen LogP contribution is 2.28. The highest BCUT2D eigenvalue weighted by atomic mass is 35.5. The van der Waals surface area contributed by atoms with Gasteiger partial charge in [0.2, 0.25) is 5.88 Å². The average Bonchev–Trinajstić information content (AvgIpc) is 2.20. The van der Waals surface area contributed by atoms with Crippen LogP contribution in [0.3, 0.4) is 0 Å². The van der Waals surface area contributed by atoms with Gasteiger partial charge in [-0.25, -0.2) is 9.97 Å². The van der Waals surface area contributed by atoms with Gasteiger partial charge in [-0.05, 0) is 24.6 Å². The van der Waals surface area contributed by atoms with E-state index in [4.69, 9.17) is 16.3 Å². The van der Waals surface area contributed by atoms with E-state index in [0.717, 1.165) is 5.56 Å². The van der Waals surface area contributed by atoms with Gasteiger partial charge in [-0.1, -0.05) is 11.6 Å². The number of rotatable bonds is 2. The molecular formula is C11H9ClN2O2. The first-order chi connectivity index (χ1) is 7.65. The Morgan fingerprint density at radius 2 is 2.12 bits per heavy atom. The first kappa shape index (κ1) is 10.7. The van der Waals surface area contributed by atoms with Gasteiger partial charge < -0.3 is 9.84 Å². The second-order valence-corrected chi connectivity index (χ2v) is 3.69. The van der Waals surface area contributed by atoms with Gasteiger partial charge in [-0.3, -0.25) is 0 Å². The zero-order valence-electron chi connectivity index (χ0n) is 8.51. The number of phenolic OH excluding ortho intramolecular Hbond substituents is 1. The van der Waals surface area contributed by atoms with E-state index < -0.39 is 0 Å². The van der Waals surface area contributed by atoms with Crippen molar-refractivity contribution in [3.63, 3.8) is 0 Å². The molecule has 0 fully saturated rings. The Hall–Kier alpha value is -1.81. The minimum absolute atomic E-state index is 0.139. The maximum Gasteiger partial charge on any atom is 0.241 e. The number of halogens is 1. The standard InChI is InChI=1S/C11H9ClN2O2/c1-7-2-8(15)4-9(3-7)16-11-10(12)5-13-6-14-11/h2-6,15H,1H3. The summed E-state index contributed by atoms with van der Waals surface area (Å²) in [6.45, 7) is 1.86. The van der Waals surface area contributed by atoms with Crippen LogP contribution in [0.5, 0.6) is 17.4 Å². The largest absolute Gasteiger partial charge is 0.508 e. The fraction of sp³-hybridized carbons (Fsp3) is 0.0909. The molecule has 0 unspecified atom stereocenters. The molecule has 1 aromatic carbocycles. The van der Waals surface area contributed by atoms with E-state index in [9.17, 15) is 5.11 Å². The molecule has 0 atom stereocenters. The summed E-state index contributed by atoms with van der Waals surface area (Å²) in [4.78, 5) is 7.64. The molecule has 0 saturated heterocycles. The van der Waals surface area contributed by atoms with Crippen LogP contribution in [0, 0.1) is 6.92 Å². The van der Waals surface area contributed by atoms with Crippen molar-refractivity contribution in [2.75, 3.05) is 0 Å². The molecular weight excluding hydrogens is 228 g/mol. The molecule has 0 aliphatic heterocycles. The Kier molecular flexibility index (Phi) is 2.92. The van der Waals surface area contributed by atoms with Crippen LogP contribution in [0.4, 0.5) is 0 Å². The lowest BCUT2D eigenvalue weighted by Gasteiger charge is -2.06. The van der Waals surface area contributed by atoms with Crippen LogP contribution < -0.4 is 4.74 Å². The van der Waals surface area contributed by atoms with Gasteiger partial charge >= 0.3 is 0 Å². The molecule has 0 aliphatic rings. The van der Waals surface area contributed by atoms with Gasteiger partial charge in [0.05, 0.1) is 6.20 Å². The quantitative estimate of drug-likeness (QED) is 0.871. The number of hydrogen-bond acceptors (Lipinski definition) is 4. The number of phenols is 1. The molecule has 5 heteroatoms. The summed E-state index contributed by atoms with van der Waals surface area (Å²) >= 11 is 5.84. The summed E-state index contributed by atoms with van der Waals surface area (Å²) < 4.78 is 5.43. The molecule has 16 heavy (non-hydrogen) atoms. The van der Waals surface area contributed by atoms with Crippen LogP contribution in [0.1, 0.15) is 5.56 Å². The first-order valence-electron chi connectivity index (χ1n) is 4.59. The van der Waals surface area contributed by atoms with Crippen molar-refractivity contribution in [2.45, 2.75) is 6.92 Å². The Labute approximate surface area is 97.5 Å². The number of nitrogens with zero attached hydrogens (tertiary/aromatic N) is 2. The lowest BCUT2D eigenvalue weighted by molar-refractivity contribution is 0.444. The van der Waals surface area contributed by atoms with E-state index in [-0.39, 0.29) is 11.6 Å². The molecule has 1 N–H and O–H groups in total. The number of aromatic nitrogens is 2. The summed E-state index contributed by atoms with van der Waals surface area (Å²) in [6.07, 6.45) is 2.79. The second kappa shape index (κ2) is 4.37. The van der Waals surface area contributed by atoms with Crippen LogP contribution in [0.25, 0.3) is 0 Å². The number of benzene rings is 1. The van der Waals surface area contributed by atoms with Gasteiger partial charge in [0.1, 0.15) is 22.8 Å². The highest BCUT2D eigenvalue weighted by molar-refractivity contribution is 6.31. The zero-order valence-corrected chi connectivity index (χ0v) is 9.27. The Balaban J connectivity index is 2.30. The van der Waals surface area contributed by atoms with E-state index in [2.05, 4.69) is 9.97 Å². The summed E-state index contributed by atoms with van der Waals surface area (Å²) in [5.74, 6) is 0.889. The molecule has 1 heterocycles. The van der Waals surface area contributed by atoms with Gasteiger partial charge in [-0.15, -0.1) is 0 Å². The van der Waals surface area contributed by atoms with E-state index in [1.165, 1.54) is 18.6 Å². The molecule has 0 saturated carbocycles. The smallest absolute Gasteiger partial charge is 0.241 e. The topological polar surface area (TPSA) is 55.2 Å². The summed E-state index contributed by atoms with van der Waals surface area (Å²) in [5, 5.41) is 9.72. The minimum atomic E-state index is 0.139. The van der Waals surface area contributed by atoms with Crippen molar-refractivity contribution in [3.8, 4) is 17.4 Å². The molecule has 1 aromatic heterocycles. The lowest BCUT2D eigenvalue weighted by Crippen LogP contribution is -1.90. The Bertz CT molecular complexity index is 497. The molecule has 0 spiro atoms. The predicted molar refractivity (Wildman–Crippen MR) is 60.0 cm³/mol. The average molecular weight is 237 g/mol. The first-order valence-corrected chi connectivity index (χ1v) is 4.97. The number of aromatic hydroxyl groups is 1. The molecule has 82 valence electrons. The maximum absolute atomic E-state index is 9.40. The van der Waals surface area contributed by atoms with Crippen LogP contribution in [0.2, 0.25) is 5.02 Å². The van der Waals surface area contributed by atoms with Crippen molar-refractivity contribution >= 4 is 11.6 Å². The van der Waals surface area contributed by atoms with Crippen molar-refractivity contribution in [3.05, 3.63) is 41.3 Å². The van der Waals surface area contributed by atoms with E-state index in [0.29, 0.717) is 10.8 Å². The summed E-state index contributed by atoms with van der Waals surface area (Å²) in [5.41, 5.74) is 0.889. The SMILES string of the molecule is Cc1cc(O)cc(Oc2ncncc2Cl)c1. The van der Waals surface area contributed by atoms with Crippen molar-refractivity contribution in [1.82, 2.24) is 9.97 Å². The Morgan fingerprint density at radius 1 is 1.31 bits per heavy atom. The predicted octanol–water partition coefficient (Wildman–Crippen LogP) is 2.94. The van der Waals surface area contributed by atoms with Crippen molar-refractivity contribution in [1.29, 1.82) is 0 Å². The number of hydrogen-bond donors (Lipinski definition) is 1. The lowest BCUT2D eigenvalue weighted by atomic mass is 10.2. The van der Waals surface area contributed by atoms with Crippen LogP contribution in [-0.4, -0.2) is 15.1 Å².